The highest BCUT2D eigenvalue weighted by atomic mass is 16.2. The minimum absolute atomic E-state index is 0.0358. The molecule has 0 heterocycles. The van der Waals surface area contributed by atoms with Crippen molar-refractivity contribution < 1.29 is 9.59 Å². The van der Waals surface area contributed by atoms with Crippen molar-refractivity contribution in [3.8, 4) is 0 Å². The molecule has 0 aliphatic rings. The van der Waals surface area contributed by atoms with E-state index in [4.69, 9.17) is 0 Å². The Kier molecular flexibility index (Phi) is 6.69. The third-order valence-corrected chi connectivity index (χ3v) is 2.66. The fourth-order valence-electron chi connectivity index (χ4n) is 1.70. The van der Waals surface area contributed by atoms with Crippen LogP contribution in [0.4, 0.5) is 11.4 Å². The van der Waals surface area contributed by atoms with Gasteiger partial charge in [-0.3, -0.25) is 9.59 Å². The van der Waals surface area contributed by atoms with Crippen LogP contribution in [0.2, 0.25) is 0 Å². The van der Waals surface area contributed by atoms with Gasteiger partial charge in [-0.05, 0) is 39.2 Å². The van der Waals surface area contributed by atoms with Gasteiger partial charge < -0.3 is 21.3 Å². The SMILES string of the molecule is CNCCNc1cc(NC(=O)CNC)cc(C(C)=O)c1. The Bertz CT molecular complexity index is 474. The van der Waals surface area contributed by atoms with Gasteiger partial charge in [0.2, 0.25) is 5.91 Å². The first-order valence-electron chi connectivity index (χ1n) is 6.55. The van der Waals surface area contributed by atoms with E-state index < -0.39 is 0 Å². The second kappa shape index (κ2) is 8.29. The maximum Gasteiger partial charge on any atom is 0.238 e. The summed E-state index contributed by atoms with van der Waals surface area (Å²) >= 11 is 0. The van der Waals surface area contributed by atoms with Gasteiger partial charge in [-0.2, -0.15) is 0 Å². The summed E-state index contributed by atoms with van der Waals surface area (Å²) in [5.74, 6) is -0.180. The zero-order valence-corrected chi connectivity index (χ0v) is 12.2. The second-order valence-electron chi connectivity index (χ2n) is 4.46. The van der Waals surface area contributed by atoms with Gasteiger partial charge in [-0.15, -0.1) is 0 Å². The first-order chi connectivity index (χ1) is 9.56. The molecule has 110 valence electrons. The molecule has 1 rings (SSSR count). The molecule has 0 aliphatic heterocycles. The quantitative estimate of drug-likeness (QED) is 0.415. The maximum atomic E-state index is 11.6. The molecular weight excluding hydrogens is 256 g/mol. The molecule has 1 aromatic carbocycles. The molecule has 4 N–H and O–H groups in total. The fourth-order valence-corrected chi connectivity index (χ4v) is 1.70. The Morgan fingerprint density at radius 2 is 1.70 bits per heavy atom. The molecular formula is C14H22N4O2. The molecule has 6 heteroatoms. The maximum absolute atomic E-state index is 11.6. The lowest BCUT2D eigenvalue weighted by Gasteiger charge is -2.11. The fraction of sp³-hybridized carbons (Fsp3) is 0.429. The van der Waals surface area contributed by atoms with Crippen molar-refractivity contribution in [1.82, 2.24) is 10.6 Å². The van der Waals surface area contributed by atoms with Crippen LogP contribution < -0.4 is 21.3 Å². The van der Waals surface area contributed by atoms with Crippen LogP contribution in [0.5, 0.6) is 0 Å². The van der Waals surface area contributed by atoms with Crippen LogP contribution >= 0.6 is 0 Å². The van der Waals surface area contributed by atoms with Gasteiger partial charge in [0.25, 0.3) is 0 Å². The van der Waals surface area contributed by atoms with E-state index in [1.165, 1.54) is 6.92 Å². The van der Waals surface area contributed by atoms with Crippen LogP contribution in [-0.4, -0.2) is 45.4 Å². The van der Waals surface area contributed by atoms with Crippen LogP contribution in [0, 0.1) is 0 Å². The molecule has 0 bridgehead atoms. The standard InChI is InChI=1S/C14H22N4O2/c1-10(19)11-6-12(17-5-4-15-2)8-13(7-11)18-14(20)9-16-3/h6-8,15-17H,4-5,9H2,1-3H3,(H,18,20). The third-order valence-electron chi connectivity index (χ3n) is 2.66. The predicted octanol–water partition coefficient (Wildman–Crippen LogP) is 0.678. The molecule has 0 aromatic heterocycles. The van der Waals surface area contributed by atoms with Crippen molar-refractivity contribution in [2.75, 3.05) is 44.4 Å². The molecule has 0 radical (unpaired) electrons. The van der Waals surface area contributed by atoms with Gasteiger partial charge >= 0.3 is 0 Å². The number of rotatable bonds is 8. The van der Waals surface area contributed by atoms with Crippen molar-refractivity contribution in [3.05, 3.63) is 23.8 Å². The smallest absolute Gasteiger partial charge is 0.238 e. The van der Waals surface area contributed by atoms with Crippen molar-refractivity contribution in [3.63, 3.8) is 0 Å². The van der Waals surface area contributed by atoms with Gasteiger partial charge in [0.1, 0.15) is 0 Å². The van der Waals surface area contributed by atoms with Crippen molar-refractivity contribution in [2.24, 2.45) is 0 Å². The molecule has 1 aromatic rings. The van der Waals surface area contributed by atoms with Crippen molar-refractivity contribution in [1.29, 1.82) is 0 Å². The van der Waals surface area contributed by atoms with E-state index in [-0.39, 0.29) is 18.2 Å². The van der Waals surface area contributed by atoms with Gasteiger partial charge in [0, 0.05) is 30.0 Å². The minimum Gasteiger partial charge on any atom is -0.384 e. The average molecular weight is 278 g/mol. The van der Waals surface area contributed by atoms with Crippen LogP contribution in [0.1, 0.15) is 17.3 Å². The Hall–Kier alpha value is -1.92. The van der Waals surface area contributed by atoms with Crippen LogP contribution in [0.3, 0.4) is 0 Å². The highest BCUT2D eigenvalue weighted by molar-refractivity contribution is 5.98. The Labute approximate surface area is 119 Å². The van der Waals surface area contributed by atoms with Crippen LogP contribution in [-0.2, 0) is 4.79 Å². The molecule has 0 atom stereocenters. The van der Waals surface area contributed by atoms with Gasteiger partial charge in [0.05, 0.1) is 6.54 Å². The second-order valence-corrected chi connectivity index (χ2v) is 4.46. The molecule has 0 spiro atoms. The zero-order chi connectivity index (χ0) is 15.0. The van der Waals surface area contributed by atoms with Crippen molar-refractivity contribution >= 4 is 23.1 Å². The van der Waals surface area contributed by atoms with Gasteiger partial charge in [0.15, 0.2) is 5.78 Å². The number of likely N-dealkylation sites (N-methyl/N-ethyl adjacent to an activating group) is 2. The number of benzene rings is 1. The van der Waals surface area contributed by atoms with Gasteiger partial charge in [-0.25, -0.2) is 0 Å². The number of anilines is 2. The highest BCUT2D eigenvalue weighted by Gasteiger charge is 2.07. The average Bonchev–Trinajstić information content (AvgIpc) is 2.39. The Morgan fingerprint density at radius 3 is 2.30 bits per heavy atom. The van der Waals surface area contributed by atoms with E-state index in [0.29, 0.717) is 11.3 Å². The van der Waals surface area contributed by atoms with E-state index in [9.17, 15) is 9.59 Å². The number of hydrogen-bond acceptors (Lipinski definition) is 5. The topological polar surface area (TPSA) is 82.3 Å². The number of nitrogens with one attached hydrogen (secondary N) is 4. The van der Waals surface area contributed by atoms with Crippen LogP contribution in [0.25, 0.3) is 0 Å². The summed E-state index contributed by atoms with van der Waals surface area (Å²) < 4.78 is 0. The number of hydrogen-bond donors (Lipinski definition) is 4. The predicted molar refractivity (Wildman–Crippen MR) is 81.4 cm³/mol. The summed E-state index contributed by atoms with van der Waals surface area (Å²) in [5.41, 5.74) is 2.00. The molecule has 6 nitrogen and oxygen atoms in total. The molecule has 0 unspecified atom stereocenters. The summed E-state index contributed by atoms with van der Waals surface area (Å²) in [5, 5.41) is 11.8. The van der Waals surface area contributed by atoms with Crippen molar-refractivity contribution in [2.45, 2.75) is 6.92 Å². The molecule has 0 fully saturated rings. The molecule has 20 heavy (non-hydrogen) atoms. The van der Waals surface area contributed by atoms with E-state index in [2.05, 4.69) is 21.3 Å². The van der Waals surface area contributed by atoms with E-state index >= 15 is 0 Å². The normalized spacial score (nSPS) is 10.2. The summed E-state index contributed by atoms with van der Waals surface area (Å²) in [7, 11) is 3.58. The zero-order valence-electron chi connectivity index (χ0n) is 12.2. The summed E-state index contributed by atoms with van der Waals surface area (Å²) in [6.07, 6.45) is 0. The molecule has 1 amide bonds. The Balaban J connectivity index is 2.86. The Morgan fingerprint density at radius 1 is 1.00 bits per heavy atom. The van der Waals surface area contributed by atoms with E-state index in [1.54, 1.807) is 19.2 Å². The lowest BCUT2D eigenvalue weighted by atomic mass is 10.1. The summed E-state index contributed by atoms with van der Waals surface area (Å²) in [6.45, 7) is 3.28. The lowest BCUT2D eigenvalue weighted by molar-refractivity contribution is -0.115. The molecule has 0 saturated carbocycles. The van der Waals surface area contributed by atoms with Gasteiger partial charge in [-0.1, -0.05) is 0 Å². The number of carbonyl (C=O) groups is 2. The summed E-state index contributed by atoms with van der Waals surface area (Å²) in [4.78, 5) is 23.1. The largest absolute Gasteiger partial charge is 0.384 e. The van der Waals surface area contributed by atoms with Crippen LogP contribution in [0.15, 0.2) is 18.2 Å². The number of ketones is 1. The van der Waals surface area contributed by atoms with E-state index in [0.717, 1.165) is 18.8 Å². The highest BCUT2D eigenvalue weighted by Crippen LogP contribution is 2.19. The number of Topliss-reactive ketones (excluding diaryl/α,β-unsaturated/α-hetero) is 1. The lowest BCUT2D eigenvalue weighted by Crippen LogP contribution is -2.25. The molecule has 0 saturated heterocycles. The summed E-state index contributed by atoms with van der Waals surface area (Å²) in [6, 6.07) is 5.28. The third kappa shape index (κ3) is 5.38. The number of amides is 1. The first kappa shape index (κ1) is 16.1. The first-order valence-corrected chi connectivity index (χ1v) is 6.55. The minimum atomic E-state index is -0.144. The molecule has 0 aliphatic carbocycles. The number of carbonyl (C=O) groups excluding carboxylic acids is 2. The monoisotopic (exact) mass is 278 g/mol. The van der Waals surface area contributed by atoms with E-state index in [1.807, 2.05) is 13.1 Å².